The van der Waals surface area contributed by atoms with Crippen LogP contribution < -0.4 is 0 Å². The summed E-state index contributed by atoms with van der Waals surface area (Å²) in [5.74, 6) is 2.79. The molecule has 1 heterocycles. The maximum Gasteiger partial charge on any atom is 0.0878 e. The molecule has 1 aliphatic rings. The molecule has 0 aromatic heterocycles. The Bertz CT molecular complexity index is 236. The average molecular weight is 329 g/mol. The topological polar surface area (TPSA) is 0 Å². The molecule has 22 heavy (non-hydrogen) atoms. The molecule has 0 saturated carbocycles. The number of hydrogen-bond acceptors (Lipinski definition) is 1. The third kappa shape index (κ3) is 9.45. The quantitative estimate of drug-likeness (QED) is 0.267. The summed E-state index contributed by atoms with van der Waals surface area (Å²) in [6.07, 6.45) is 17.6. The van der Waals surface area contributed by atoms with E-state index in [0.717, 1.165) is 0 Å². The van der Waals surface area contributed by atoms with Crippen molar-refractivity contribution in [1.82, 2.24) is 0 Å². The minimum absolute atomic E-state index is 1.36. The van der Waals surface area contributed by atoms with Crippen LogP contribution in [0.3, 0.4) is 0 Å². The van der Waals surface area contributed by atoms with E-state index in [4.69, 9.17) is 0 Å². The average Bonchev–Trinajstić information content (AvgIpc) is 2.57. The smallest absolute Gasteiger partial charge is 0.0878 e. The molecule has 0 aliphatic carbocycles. The Kier molecular flexibility index (Phi) is 12.7. The summed E-state index contributed by atoms with van der Waals surface area (Å²) >= 11 is 2.16. The Balaban J connectivity index is 1.85. The van der Waals surface area contributed by atoms with Crippen molar-refractivity contribution in [2.24, 2.45) is 0 Å². The highest BCUT2D eigenvalue weighted by atomic mass is 32.2. The van der Waals surface area contributed by atoms with Gasteiger partial charge in [0.25, 0.3) is 0 Å². The van der Waals surface area contributed by atoms with Crippen molar-refractivity contribution in [1.29, 1.82) is 0 Å². The second kappa shape index (κ2) is 13.7. The summed E-state index contributed by atoms with van der Waals surface area (Å²) < 4.78 is 1.42. The number of unbranched alkanes of at least 4 members (excludes halogenated alkanes) is 11. The Morgan fingerprint density at radius 3 is 1.55 bits per heavy atom. The van der Waals surface area contributed by atoms with Gasteiger partial charge in [-0.25, -0.2) is 0 Å². The van der Waals surface area contributed by atoms with Crippen LogP contribution in [0.2, 0.25) is 0 Å². The van der Waals surface area contributed by atoms with Crippen LogP contribution in [0.4, 0.5) is 0 Å². The van der Waals surface area contributed by atoms with E-state index in [2.05, 4.69) is 25.6 Å². The van der Waals surface area contributed by atoms with Gasteiger partial charge in [-0.15, -0.1) is 0 Å². The van der Waals surface area contributed by atoms with Gasteiger partial charge < -0.3 is 4.48 Å². The highest BCUT2D eigenvalue weighted by Gasteiger charge is 2.27. The second-order valence-corrected chi connectivity index (χ2v) is 8.55. The normalized spacial score (nSPS) is 17.7. The number of rotatable bonds is 14. The van der Waals surface area contributed by atoms with Crippen molar-refractivity contribution >= 4 is 11.8 Å². The van der Waals surface area contributed by atoms with Gasteiger partial charge >= 0.3 is 0 Å². The van der Waals surface area contributed by atoms with Gasteiger partial charge in [0.1, 0.15) is 0 Å². The first-order chi connectivity index (χ1) is 10.8. The third-order valence-corrected chi connectivity index (χ3v) is 6.52. The summed E-state index contributed by atoms with van der Waals surface area (Å²) in [6.45, 7) is 10.4. The number of nitrogens with zero attached hydrogens (tertiary/aromatic N) is 1. The van der Waals surface area contributed by atoms with E-state index in [1.165, 1.54) is 119 Å². The summed E-state index contributed by atoms with van der Waals surface area (Å²) in [6, 6.07) is 0. The van der Waals surface area contributed by atoms with E-state index in [1.807, 2.05) is 0 Å². The molecular weight excluding hydrogens is 286 g/mol. The predicted molar refractivity (Wildman–Crippen MR) is 104 cm³/mol. The maximum absolute atomic E-state index is 2.40. The van der Waals surface area contributed by atoms with Gasteiger partial charge in [-0.1, -0.05) is 71.1 Å². The van der Waals surface area contributed by atoms with E-state index in [9.17, 15) is 0 Å². The van der Waals surface area contributed by atoms with Crippen molar-refractivity contribution in [2.75, 3.05) is 37.7 Å². The zero-order valence-corrected chi connectivity index (χ0v) is 16.4. The highest BCUT2D eigenvalue weighted by molar-refractivity contribution is 7.99. The Morgan fingerprint density at radius 1 is 0.636 bits per heavy atom. The molecule has 0 spiro atoms. The molecule has 1 saturated heterocycles. The predicted octanol–water partition coefficient (Wildman–Crippen LogP) is 6.27. The molecule has 0 radical (unpaired) electrons. The van der Waals surface area contributed by atoms with Gasteiger partial charge in [-0.3, -0.25) is 0 Å². The first-order valence-electron chi connectivity index (χ1n) is 10.3. The van der Waals surface area contributed by atoms with Gasteiger partial charge in [-0.2, -0.15) is 11.8 Å². The first kappa shape index (κ1) is 20.4. The lowest BCUT2D eigenvalue weighted by atomic mass is 10.0. The van der Waals surface area contributed by atoms with Crippen LogP contribution >= 0.6 is 11.8 Å². The summed E-state index contributed by atoms with van der Waals surface area (Å²) in [7, 11) is 0. The van der Waals surface area contributed by atoms with Crippen LogP contribution in [0, 0.1) is 0 Å². The van der Waals surface area contributed by atoms with Gasteiger partial charge in [0.15, 0.2) is 0 Å². The van der Waals surface area contributed by atoms with E-state index in [0.29, 0.717) is 0 Å². The molecule has 1 aliphatic heterocycles. The lowest BCUT2D eigenvalue weighted by molar-refractivity contribution is -0.923. The molecule has 1 nitrogen and oxygen atoms in total. The molecule has 2 heteroatoms. The highest BCUT2D eigenvalue weighted by Crippen LogP contribution is 2.20. The second-order valence-electron chi connectivity index (χ2n) is 7.33. The number of thioether (sulfide) groups is 1. The standard InChI is InChI=1S/C20H42NS/c1-3-5-6-7-8-9-10-11-12-13-14-15-16-21(4-2)17-19-22-20-18-21/h3-20H2,1-2H3/q+1. The lowest BCUT2D eigenvalue weighted by Gasteiger charge is -2.40. The fraction of sp³-hybridized carbons (Fsp3) is 1.00. The van der Waals surface area contributed by atoms with Crippen LogP contribution in [-0.4, -0.2) is 42.2 Å². The zero-order chi connectivity index (χ0) is 15.9. The van der Waals surface area contributed by atoms with E-state index >= 15 is 0 Å². The summed E-state index contributed by atoms with van der Waals surface area (Å²) in [5, 5.41) is 0. The van der Waals surface area contributed by atoms with E-state index in [1.54, 1.807) is 0 Å². The lowest BCUT2D eigenvalue weighted by Crippen LogP contribution is -2.53. The fourth-order valence-corrected chi connectivity index (χ4v) is 4.95. The molecule has 0 bridgehead atoms. The Morgan fingerprint density at radius 2 is 1.09 bits per heavy atom. The van der Waals surface area contributed by atoms with Gasteiger partial charge in [-0.05, 0) is 19.8 Å². The van der Waals surface area contributed by atoms with Crippen LogP contribution in [0.1, 0.15) is 90.9 Å². The van der Waals surface area contributed by atoms with Gasteiger partial charge in [0.05, 0.1) is 26.2 Å². The van der Waals surface area contributed by atoms with Crippen molar-refractivity contribution in [3.63, 3.8) is 0 Å². The minimum Gasteiger partial charge on any atom is -0.322 e. The molecule has 0 aromatic rings. The largest absolute Gasteiger partial charge is 0.322 e. The van der Waals surface area contributed by atoms with Gasteiger partial charge in [0, 0.05) is 11.5 Å². The fourth-order valence-electron chi connectivity index (χ4n) is 3.72. The first-order valence-corrected chi connectivity index (χ1v) is 11.4. The van der Waals surface area contributed by atoms with Crippen molar-refractivity contribution in [3.05, 3.63) is 0 Å². The van der Waals surface area contributed by atoms with E-state index < -0.39 is 0 Å². The monoisotopic (exact) mass is 328 g/mol. The van der Waals surface area contributed by atoms with Crippen LogP contribution in [0.5, 0.6) is 0 Å². The molecule has 1 rings (SSSR count). The van der Waals surface area contributed by atoms with Crippen LogP contribution in [0.15, 0.2) is 0 Å². The van der Waals surface area contributed by atoms with Gasteiger partial charge in [0.2, 0.25) is 0 Å². The molecular formula is C20H42NS+. The minimum atomic E-state index is 1.36. The summed E-state index contributed by atoms with van der Waals surface area (Å²) in [5.41, 5.74) is 0. The SMILES string of the molecule is CCCCCCCCCCCCCC[N+]1(CC)CCSCC1. The van der Waals surface area contributed by atoms with Crippen molar-refractivity contribution in [3.8, 4) is 0 Å². The molecule has 0 N–H and O–H groups in total. The van der Waals surface area contributed by atoms with Crippen LogP contribution in [0.25, 0.3) is 0 Å². The summed E-state index contributed by atoms with van der Waals surface area (Å²) in [4.78, 5) is 0. The third-order valence-electron chi connectivity index (χ3n) is 5.58. The molecule has 1 fully saturated rings. The maximum atomic E-state index is 2.40. The van der Waals surface area contributed by atoms with Crippen LogP contribution in [-0.2, 0) is 0 Å². The van der Waals surface area contributed by atoms with Crippen molar-refractivity contribution < 1.29 is 4.48 Å². The zero-order valence-electron chi connectivity index (χ0n) is 15.6. The number of quaternary nitrogens is 1. The molecule has 0 atom stereocenters. The molecule has 0 amide bonds. The molecule has 132 valence electrons. The molecule has 0 unspecified atom stereocenters. The molecule has 0 aromatic carbocycles. The number of hydrogen-bond donors (Lipinski definition) is 0. The van der Waals surface area contributed by atoms with Crippen molar-refractivity contribution in [2.45, 2.75) is 90.9 Å². The van der Waals surface area contributed by atoms with E-state index in [-0.39, 0.29) is 0 Å². The Labute approximate surface area is 145 Å². The Hall–Kier alpha value is 0.310.